The van der Waals surface area contributed by atoms with E-state index < -0.39 is 0 Å². The predicted octanol–water partition coefficient (Wildman–Crippen LogP) is 3.90. The molecule has 18 heavy (non-hydrogen) atoms. The fraction of sp³-hybridized carbons (Fsp3) is 0.250. The van der Waals surface area contributed by atoms with Crippen LogP contribution in [-0.4, -0.2) is 12.2 Å². The Morgan fingerprint density at radius 3 is 2.28 bits per heavy atom. The predicted molar refractivity (Wildman–Crippen MR) is 76.1 cm³/mol. The number of aromatic hydroxyl groups is 1. The Bertz CT molecular complexity index is 487. The van der Waals surface area contributed by atoms with Gasteiger partial charge in [-0.15, -0.1) is 0 Å². The van der Waals surface area contributed by atoms with Crippen molar-refractivity contribution in [2.75, 3.05) is 11.9 Å². The molecule has 0 amide bonds. The molecule has 0 aromatic heterocycles. The summed E-state index contributed by atoms with van der Waals surface area (Å²) in [5.41, 5.74) is 3.37. The van der Waals surface area contributed by atoms with E-state index in [1.165, 1.54) is 11.3 Å². The minimum Gasteiger partial charge on any atom is -0.508 e. The highest BCUT2D eigenvalue weighted by Gasteiger charge is 2.16. The van der Waals surface area contributed by atoms with Crippen molar-refractivity contribution in [2.45, 2.75) is 19.9 Å². The average Bonchev–Trinajstić information content (AvgIpc) is 2.38. The highest BCUT2D eigenvalue weighted by molar-refractivity contribution is 5.54. The summed E-state index contributed by atoms with van der Waals surface area (Å²) in [5, 5.41) is 9.92. The zero-order valence-electron chi connectivity index (χ0n) is 11.1. The van der Waals surface area contributed by atoms with Crippen molar-refractivity contribution in [3.63, 3.8) is 0 Å². The van der Waals surface area contributed by atoms with E-state index in [2.05, 4.69) is 37.9 Å². The number of para-hydroxylation sites is 2. The van der Waals surface area contributed by atoms with Gasteiger partial charge in [0, 0.05) is 18.3 Å². The number of anilines is 1. The van der Waals surface area contributed by atoms with Crippen LogP contribution in [0.5, 0.6) is 5.75 Å². The first-order valence-electron chi connectivity index (χ1n) is 6.17. The molecule has 0 aliphatic rings. The monoisotopic (exact) mass is 241 g/mol. The van der Waals surface area contributed by atoms with E-state index in [9.17, 15) is 5.11 Å². The number of benzene rings is 2. The molecule has 1 N–H and O–H groups in total. The zero-order valence-corrected chi connectivity index (χ0v) is 11.1. The fourth-order valence-corrected chi connectivity index (χ4v) is 2.22. The highest BCUT2D eigenvalue weighted by Crippen LogP contribution is 2.31. The Kier molecular flexibility index (Phi) is 3.56. The zero-order chi connectivity index (χ0) is 13.1. The van der Waals surface area contributed by atoms with E-state index in [4.69, 9.17) is 0 Å². The second-order valence-electron chi connectivity index (χ2n) is 4.63. The number of phenolic OH excluding ortho intramolecular Hbond substituents is 1. The molecule has 94 valence electrons. The van der Waals surface area contributed by atoms with Gasteiger partial charge in [-0.1, -0.05) is 36.4 Å². The Balaban J connectivity index is 2.33. The van der Waals surface area contributed by atoms with E-state index >= 15 is 0 Å². The maximum absolute atomic E-state index is 9.92. The van der Waals surface area contributed by atoms with Gasteiger partial charge in [-0.25, -0.2) is 0 Å². The molecule has 0 fully saturated rings. The molecule has 0 spiro atoms. The third-order valence-corrected chi connectivity index (χ3v) is 3.46. The van der Waals surface area contributed by atoms with Gasteiger partial charge < -0.3 is 10.0 Å². The summed E-state index contributed by atoms with van der Waals surface area (Å²) >= 11 is 0. The number of rotatable bonds is 3. The topological polar surface area (TPSA) is 23.5 Å². The van der Waals surface area contributed by atoms with Crippen molar-refractivity contribution < 1.29 is 5.11 Å². The second-order valence-corrected chi connectivity index (χ2v) is 4.63. The van der Waals surface area contributed by atoms with Crippen LogP contribution in [0.2, 0.25) is 0 Å². The van der Waals surface area contributed by atoms with Gasteiger partial charge in [0.15, 0.2) is 0 Å². The molecule has 0 saturated carbocycles. The number of hydrogen-bond acceptors (Lipinski definition) is 2. The van der Waals surface area contributed by atoms with Crippen molar-refractivity contribution in [1.82, 2.24) is 0 Å². The lowest BCUT2D eigenvalue weighted by Crippen LogP contribution is -2.22. The van der Waals surface area contributed by atoms with Gasteiger partial charge in [0.2, 0.25) is 0 Å². The SMILES string of the molecule is Cc1ccccc1N(C)C(C)c1ccccc1O. The van der Waals surface area contributed by atoms with E-state index in [1.807, 2.05) is 30.3 Å². The van der Waals surface area contributed by atoms with Crippen LogP contribution in [0.1, 0.15) is 24.1 Å². The Morgan fingerprint density at radius 2 is 1.61 bits per heavy atom. The largest absolute Gasteiger partial charge is 0.508 e. The molecule has 1 atom stereocenters. The number of nitrogens with zero attached hydrogens (tertiary/aromatic N) is 1. The number of phenols is 1. The quantitative estimate of drug-likeness (QED) is 0.881. The molecule has 0 aliphatic heterocycles. The summed E-state index contributed by atoms with van der Waals surface area (Å²) in [4.78, 5) is 2.18. The van der Waals surface area contributed by atoms with Gasteiger partial charge in [0.25, 0.3) is 0 Å². The summed E-state index contributed by atoms with van der Waals surface area (Å²) < 4.78 is 0. The average molecular weight is 241 g/mol. The van der Waals surface area contributed by atoms with E-state index in [1.54, 1.807) is 6.07 Å². The molecule has 0 aliphatic carbocycles. The molecule has 2 nitrogen and oxygen atoms in total. The van der Waals surface area contributed by atoms with Crippen molar-refractivity contribution in [3.8, 4) is 5.75 Å². The normalized spacial score (nSPS) is 12.2. The van der Waals surface area contributed by atoms with Crippen LogP contribution in [0.3, 0.4) is 0 Å². The Hall–Kier alpha value is -1.96. The van der Waals surface area contributed by atoms with Crippen LogP contribution in [0, 0.1) is 6.92 Å². The lowest BCUT2D eigenvalue weighted by molar-refractivity contribution is 0.462. The van der Waals surface area contributed by atoms with Gasteiger partial charge in [-0.3, -0.25) is 0 Å². The third-order valence-electron chi connectivity index (χ3n) is 3.46. The van der Waals surface area contributed by atoms with E-state index in [0.717, 1.165) is 5.56 Å². The lowest BCUT2D eigenvalue weighted by Gasteiger charge is -2.29. The maximum Gasteiger partial charge on any atom is 0.120 e. The number of aryl methyl sites for hydroxylation is 1. The van der Waals surface area contributed by atoms with Gasteiger partial charge in [0.05, 0.1) is 6.04 Å². The molecule has 2 rings (SSSR count). The molecule has 0 heterocycles. The first-order valence-corrected chi connectivity index (χ1v) is 6.17. The molecular formula is C16H19NO. The maximum atomic E-state index is 9.92. The molecule has 2 aromatic rings. The molecule has 2 heteroatoms. The third kappa shape index (κ3) is 2.33. The van der Waals surface area contributed by atoms with Gasteiger partial charge in [-0.05, 0) is 31.5 Å². The summed E-state index contributed by atoms with van der Waals surface area (Å²) in [6.45, 7) is 4.20. The summed E-state index contributed by atoms with van der Waals surface area (Å²) in [6, 6.07) is 15.9. The first-order chi connectivity index (χ1) is 8.61. The molecular weight excluding hydrogens is 222 g/mol. The molecule has 0 bridgehead atoms. The van der Waals surface area contributed by atoms with Crippen molar-refractivity contribution >= 4 is 5.69 Å². The lowest BCUT2D eigenvalue weighted by atomic mass is 10.0. The van der Waals surface area contributed by atoms with Crippen molar-refractivity contribution in [2.24, 2.45) is 0 Å². The van der Waals surface area contributed by atoms with Crippen LogP contribution < -0.4 is 4.90 Å². The minimum absolute atomic E-state index is 0.132. The molecule has 0 saturated heterocycles. The smallest absolute Gasteiger partial charge is 0.120 e. The van der Waals surface area contributed by atoms with Crippen LogP contribution in [-0.2, 0) is 0 Å². The van der Waals surface area contributed by atoms with Crippen LogP contribution in [0.15, 0.2) is 48.5 Å². The minimum atomic E-state index is 0.132. The van der Waals surface area contributed by atoms with Crippen LogP contribution in [0.25, 0.3) is 0 Å². The molecule has 1 unspecified atom stereocenters. The molecule has 0 radical (unpaired) electrons. The van der Waals surface area contributed by atoms with E-state index in [-0.39, 0.29) is 6.04 Å². The summed E-state index contributed by atoms with van der Waals surface area (Å²) in [6.07, 6.45) is 0. The van der Waals surface area contributed by atoms with Crippen LogP contribution in [0.4, 0.5) is 5.69 Å². The Morgan fingerprint density at radius 1 is 1.00 bits per heavy atom. The highest BCUT2D eigenvalue weighted by atomic mass is 16.3. The van der Waals surface area contributed by atoms with Crippen molar-refractivity contribution in [3.05, 3.63) is 59.7 Å². The van der Waals surface area contributed by atoms with Crippen molar-refractivity contribution in [1.29, 1.82) is 0 Å². The van der Waals surface area contributed by atoms with Crippen LogP contribution >= 0.6 is 0 Å². The second kappa shape index (κ2) is 5.13. The van der Waals surface area contributed by atoms with Gasteiger partial charge in [-0.2, -0.15) is 0 Å². The summed E-state index contributed by atoms with van der Waals surface area (Å²) in [7, 11) is 2.06. The Labute approximate surface area is 109 Å². The fourth-order valence-electron chi connectivity index (χ4n) is 2.22. The summed E-state index contributed by atoms with van der Waals surface area (Å²) in [5.74, 6) is 0.352. The number of hydrogen-bond donors (Lipinski definition) is 1. The molecule has 2 aromatic carbocycles. The van der Waals surface area contributed by atoms with Gasteiger partial charge in [0.1, 0.15) is 5.75 Å². The first kappa shape index (κ1) is 12.5. The van der Waals surface area contributed by atoms with E-state index in [0.29, 0.717) is 5.75 Å². The standard InChI is InChI=1S/C16H19NO/c1-12-8-4-6-10-15(12)17(3)13(2)14-9-5-7-11-16(14)18/h4-11,13,18H,1-3H3. The van der Waals surface area contributed by atoms with Gasteiger partial charge >= 0.3 is 0 Å².